The van der Waals surface area contributed by atoms with Crippen molar-refractivity contribution in [1.82, 2.24) is 9.55 Å². The molecule has 0 fully saturated rings. The first-order chi connectivity index (χ1) is 9.19. The Hall–Kier alpha value is -1.03. The molecular weight excluding hydrogens is 238 g/mol. The molecule has 0 aromatic carbocycles. The number of aryl methyl sites for hydroxylation is 1. The molecule has 1 heterocycles. The summed E-state index contributed by atoms with van der Waals surface area (Å²) in [5, 5.41) is 3.34. The molecule has 110 valence electrons. The van der Waals surface area contributed by atoms with Gasteiger partial charge in [-0.25, -0.2) is 4.98 Å². The summed E-state index contributed by atoms with van der Waals surface area (Å²) in [6, 6.07) is 0.503. The monoisotopic (exact) mass is 267 g/mol. The summed E-state index contributed by atoms with van der Waals surface area (Å²) in [6.07, 6.45) is 8.62. The molecule has 0 radical (unpaired) electrons. The zero-order chi connectivity index (χ0) is 14.1. The van der Waals surface area contributed by atoms with Crippen LogP contribution in [0.4, 0.5) is 5.95 Å². The quantitative estimate of drug-likeness (QED) is 0.656. The van der Waals surface area contributed by atoms with Crippen molar-refractivity contribution in [3.8, 4) is 0 Å². The van der Waals surface area contributed by atoms with Crippen LogP contribution < -0.4 is 5.32 Å². The van der Waals surface area contributed by atoms with Gasteiger partial charge in [-0.05, 0) is 20.3 Å². The Morgan fingerprint density at radius 3 is 2.84 bits per heavy atom. The largest absolute Gasteiger partial charge is 0.383 e. The molecule has 4 nitrogen and oxygen atoms in total. The number of hydrogen-bond donors (Lipinski definition) is 1. The predicted molar refractivity (Wildman–Crippen MR) is 80.8 cm³/mol. The molecule has 0 bridgehead atoms. The first-order valence-electron chi connectivity index (χ1n) is 7.47. The van der Waals surface area contributed by atoms with Gasteiger partial charge in [-0.15, -0.1) is 0 Å². The highest BCUT2D eigenvalue weighted by Crippen LogP contribution is 2.21. The lowest BCUT2D eigenvalue weighted by Crippen LogP contribution is -2.14. The Bertz CT molecular complexity index is 349. The second kappa shape index (κ2) is 8.97. The molecule has 0 aliphatic rings. The minimum Gasteiger partial charge on any atom is -0.383 e. The smallest absolute Gasteiger partial charge is 0.203 e. The van der Waals surface area contributed by atoms with Crippen molar-refractivity contribution in [3.05, 3.63) is 11.9 Å². The minimum absolute atomic E-state index is 0.503. The second-order valence-corrected chi connectivity index (χ2v) is 5.23. The average molecular weight is 267 g/mol. The van der Waals surface area contributed by atoms with Crippen molar-refractivity contribution in [1.29, 1.82) is 0 Å². The third-order valence-corrected chi connectivity index (χ3v) is 3.39. The maximum absolute atomic E-state index is 5.06. The lowest BCUT2D eigenvalue weighted by molar-refractivity contribution is 0.210. The van der Waals surface area contributed by atoms with E-state index in [-0.39, 0.29) is 0 Å². The molecule has 19 heavy (non-hydrogen) atoms. The van der Waals surface area contributed by atoms with E-state index in [4.69, 9.17) is 4.74 Å². The Kier molecular flexibility index (Phi) is 7.56. The van der Waals surface area contributed by atoms with Gasteiger partial charge in [0, 0.05) is 25.9 Å². The number of anilines is 1. The zero-order valence-electron chi connectivity index (χ0n) is 12.9. The van der Waals surface area contributed by atoms with Crippen LogP contribution in [-0.4, -0.2) is 29.8 Å². The zero-order valence-corrected chi connectivity index (χ0v) is 12.9. The average Bonchev–Trinajstić information content (AvgIpc) is 2.76. The summed E-state index contributed by atoms with van der Waals surface area (Å²) in [5.41, 5.74) is 1.07. The van der Waals surface area contributed by atoms with E-state index in [2.05, 4.69) is 34.9 Å². The van der Waals surface area contributed by atoms with Gasteiger partial charge < -0.3 is 14.6 Å². The van der Waals surface area contributed by atoms with Crippen LogP contribution in [0.15, 0.2) is 6.20 Å². The molecule has 1 unspecified atom stereocenters. The number of imidazole rings is 1. The lowest BCUT2D eigenvalue weighted by atomic mass is 10.1. The fraction of sp³-hybridized carbons (Fsp3) is 0.800. The van der Waals surface area contributed by atoms with Gasteiger partial charge >= 0.3 is 0 Å². The Labute approximate surface area is 117 Å². The summed E-state index contributed by atoms with van der Waals surface area (Å²) in [5.74, 6) is 0.970. The molecule has 1 aromatic heterocycles. The highest BCUT2D eigenvalue weighted by atomic mass is 16.5. The van der Waals surface area contributed by atoms with Gasteiger partial charge in [-0.2, -0.15) is 0 Å². The minimum atomic E-state index is 0.503. The molecule has 0 saturated carbocycles. The molecule has 1 rings (SSSR count). The van der Waals surface area contributed by atoms with Crippen molar-refractivity contribution in [2.45, 2.75) is 58.9 Å². The summed E-state index contributed by atoms with van der Waals surface area (Å²) in [4.78, 5) is 4.54. The van der Waals surface area contributed by atoms with Gasteiger partial charge in [0.2, 0.25) is 5.95 Å². The normalized spacial score (nSPS) is 12.6. The Morgan fingerprint density at radius 2 is 2.16 bits per heavy atom. The van der Waals surface area contributed by atoms with Crippen molar-refractivity contribution in [2.24, 2.45) is 0 Å². The van der Waals surface area contributed by atoms with E-state index in [1.54, 1.807) is 7.11 Å². The highest BCUT2D eigenvalue weighted by Gasteiger charge is 2.11. The van der Waals surface area contributed by atoms with E-state index in [1.807, 2.05) is 6.92 Å². The summed E-state index contributed by atoms with van der Waals surface area (Å²) >= 11 is 0. The van der Waals surface area contributed by atoms with Gasteiger partial charge in [0.25, 0.3) is 0 Å². The fourth-order valence-corrected chi connectivity index (χ4v) is 2.25. The van der Waals surface area contributed by atoms with Gasteiger partial charge in [0.1, 0.15) is 0 Å². The van der Waals surface area contributed by atoms with Gasteiger partial charge in [0.05, 0.1) is 12.3 Å². The number of ether oxygens (including phenoxy) is 1. The summed E-state index contributed by atoms with van der Waals surface area (Å²) in [6.45, 7) is 8.07. The SMILES string of the molecule is CCCCCCC(C)n1cc(C)nc1NCCOC. The van der Waals surface area contributed by atoms with Gasteiger partial charge in [0.15, 0.2) is 0 Å². The maximum Gasteiger partial charge on any atom is 0.203 e. The van der Waals surface area contributed by atoms with Crippen LogP contribution in [0.5, 0.6) is 0 Å². The molecule has 0 saturated heterocycles. The summed E-state index contributed by atoms with van der Waals surface area (Å²) in [7, 11) is 1.72. The molecule has 0 aliphatic heterocycles. The van der Waals surface area contributed by atoms with Gasteiger partial charge in [-0.3, -0.25) is 0 Å². The van der Waals surface area contributed by atoms with E-state index < -0.39 is 0 Å². The summed E-state index contributed by atoms with van der Waals surface area (Å²) < 4.78 is 7.32. The molecule has 1 N–H and O–H groups in total. The second-order valence-electron chi connectivity index (χ2n) is 5.23. The van der Waals surface area contributed by atoms with Gasteiger partial charge in [-0.1, -0.05) is 32.6 Å². The number of aromatic nitrogens is 2. The third-order valence-electron chi connectivity index (χ3n) is 3.39. The Balaban J connectivity index is 2.49. The van der Waals surface area contributed by atoms with Crippen molar-refractivity contribution < 1.29 is 4.74 Å². The number of methoxy groups -OCH3 is 1. The van der Waals surface area contributed by atoms with Crippen molar-refractivity contribution >= 4 is 5.95 Å². The molecule has 0 spiro atoms. The van der Waals surface area contributed by atoms with Crippen molar-refractivity contribution in [3.63, 3.8) is 0 Å². The topological polar surface area (TPSA) is 39.1 Å². The standard InChI is InChI=1S/C15H29N3O/c1-5-6-7-8-9-14(3)18-12-13(2)17-15(18)16-10-11-19-4/h12,14H,5-11H2,1-4H3,(H,16,17). The van der Waals surface area contributed by atoms with Crippen LogP contribution in [0.3, 0.4) is 0 Å². The van der Waals surface area contributed by atoms with E-state index in [0.29, 0.717) is 12.6 Å². The first-order valence-corrected chi connectivity index (χ1v) is 7.47. The molecular formula is C15H29N3O. The molecule has 0 aliphatic carbocycles. The van der Waals surface area contributed by atoms with Crippen LogP contribution in [0.2, 0.25) is 0 Å². The van der Waals surface area contributed by atoms with Crippen LogP contribution in [0, 0.1) is 6.92 Å². The molecule has 4 heteroatoms. The molecule has 1 atom stereocenters. The highest BCUT2D eigenvalue weighted by molar-refractivity contribution is 5.29. The fourth-order valence-electron chi connectivity index (χ4n) is 2.25. The third kappa shape index (κ3) is 5.64. The van der Waals surface area contributed by atoms with Crippen LogP contribution in [-0.2, 0) is 4.74 Å². The maximum atomic E-state index is 5.06. The first kappa shape index (κ1) is 16.0. The van der Waals surface area contributed by atoms with E-state index >= 15 is 0 Å². The van der Waals surface area contributed by atoms with Crippen LogP contribution in [0.25, 0.3) is 0 Å². The van der Waals surface area contributed by atoms with E-state index in [1.165, 1.54) is 32.1 Å². The van der Waals surface area contributed by atoms with Crippen molar-refractivity contribution in [2.75, 3.05) is 25.6 Å². The van der Waals surface area contributed by atoms with Crippen LogP contribution in [0.1, 0.15) is 57.7 Å². The number of unbranched alkanes of at least 4 members (excludes halogenated alkanes) is 3. The lowest BCUT2D eigenvalue weighted by Gasteiger charge is -2.16. The Morgan fingerprint density at radius 1 is 1.37 bits per heavy atom. The number of nitrogens with one attached hydrogen (secondary N) is 1. The van der Waals surface area contributed by atoms with E-state index in [0.717, 1.165) is 18.2 Å². The molecule has 1 aromatic rings. The van der Waals surface area contributed by atoms with E-state index in [9.17, 15) is 0 Å². The molecule has 0 amide bonds. The number of rotatable bonds is 10. The van der Waals surface area contributed by atoms with Crippen LogP contribution >= 0.6 is 0 Å². The number of nitrogens with zero attached hydrogens (tertiary/aromatic N) is 2. The predicted octanol–water partition coefficient (Wildman–Crippen LogP) is 3.78. The number of hydrogen-bond acceptors (Lipinski definition) is 3.